The van der Waals surface area contributed by atoms with Crippen molar-refractivity contribution in [2.45, 2.75) is 46.6 Å². The molecule has 1 aliphatic rings. The normalized spacial score (nSPS) is 18.4. The number of fused-ring (bicyclic) bond motifs is 1. The van der Waals surface area contributed by atoms with Crippen LogP contribution in [-0.4, -0.2) is 21.4 Å². The third-order valence-corrected chi connectivity index (χ3v) is 5.13. The van der Waals surface area contributed by atoms with Crippen molar-refractivity contribution in [1.29, 1.82) is 0 Å². The summed E-state index contributed by atoms with van der Waals surface area (Å²) >= 11 is 0. The smallest absolute Gasteiger partial charge is 0.267 e. The summed E-state index contributed by atoms with van der Waals surface area (Å²) in [6.45, 7) is 11.8. The van der Waals surface area contributed by atoms with E-state index in [-0.39, 0.29) is 17.3 Å². The summed E-state index contributed by atoms with van der Waals surface area (Å²) < 4.78 is 1.34. The molecule has 0 saturated heterocycles. The lowest BCUT2D eigenvalue weighted by Crippen LogP contribution is -2.30. The summed E-state index contributed by atoms with van der Waals surface area (Å²) in [6, 6.07) is 6.86. The van der Waals surface area contributed by atoms with Gasteiger partial charge in [-0.15, -0.1) is 0 Å². The van der Waals surface area contributed by atoms with E-state index in [1.807, 2.05) is 27.7 Å². The second kappa shape index (κ2) is 7.92. The average Bonchev–Trinajstić information content (AvgIpc) is 2.67. The van der Waals surface area contributed by atoms with Gasteiger partial charge in [-0.3, -0.25) is 9.59 Å². The number of amides is 1. The van der Waals surface area contributed by atoms with Crippen molar-refractivity contribution in [1.82, 2.24) is 15.2 Å². The molecule has 0 unspecified atom stereocenters. The summed E-state index contributed by atoms with van der Waals surface area (Å²) in [5.74, 6) is -0.0931. The van der Waals surface area contributed by atoms with Crippen LogP contribution in [0, 0.1) is 5.92 Å². The molecule has 1 aromatic heterocycles. The van der Waals surface area contributed by atoms with E-state index in [1.54, 1.807) is 24.3 Å². The Morgan fingerprint density at radius 2 is 2.00 bits per heavy atom. The molecule has 0 spiro atoms. The molecule has 28 heavy (non-hydrogen) atoms. The Morgan fingerprint density at radius 1 is 1.32 bits per heavy atom. The number of carbonyl (C=O) groups excluding carboxylic acids is 1. The van der Waals surface area contributed by atoms with E-state index in [2.05, 4.69) is 28.3 Å². The van der Waals surface area contributed by atoms with E-state index in [0.717, 1.165) is 29.7 Å². The molecule has 1 heterocycles. The maximum Gasteiger partial charge on any atom is 0.292 e. The Kier molecular flexibility index (Phi) is 5.58. The van der Waals surface area contributed by atoms with Crippen molar-refractivity contribution >= 4 is 22.4 Å². The van der Waals surface area contributed by atoms with Crippen LogP contribution in [0.4, 0.5) is 0 Å². The van der Waals surface area contributed by atoms with Crippen LogP contribution in [0.2, 0.25) is 0 Å². The first-order chi connectivity index (χ1) is 13.3. The predicted octanol–water partition coefficient (Wildman–Crippen LogP) is 4.00. The zero-order valence-electron chi connectivity index (χ0n) is 16.8. The lowest BCUT2D eigenvalue weighted by atomic mass is 9.85. The van der Waals surface area contributed by atoms with Gasteiger partial charge in [0.2, 0.25) is 0 Å². The number of allylic oxidation sites excluding steroid dienone is 3. The van der Waals surface area contributed by atoms with E-state index in [4.69, 9.17) is 0 Å². The zero-order chi connectivity index (χ0) is 20.4. The van der Waals surface area contributed by atoms with Crippen LogP contribution in [0.1, 0.15) is 57.1 Å². The van der Waals surface area contributed by atoms with Crippen LogP contribution in [0.5, 0.6) is 0 Å². The number of hydrogen-bond donors (Lipinski definition) is 1. The Morgan fingerprint density at radius 3 is 2.64 bits per heavy atom. The second-order valence-corrected chi connectivity index (χ2v) is 7.61. The molecular weight excluding hydrogens is 352 g/mol. The first-order valence-corrected chi connectivity index (χ1v) is 9.50. The van der Waals surface area contributed by atoms with Crippen molar-refractivity contribution in [3.8, 4) is 0 Å². The topological polar surface area (TPSA) is 76.3 Å². The lowest BCUT2D eigenvalue weighted by Gasteiger charge is -2.22. The maximum atomic E-state index is 12.9. The molecule has 2 aromatic rings. The molecule has 0 bridgehead atoms. The number of carbonyl (C=O) groups is 1. The molecule has 1 atom stereocenters. The van der Waals surface area contributed by atoms with Crippen LogP contribution in [0.15, 0.2) is 58.0 Å². The fourth-order valence-corrected chi connectivity index (χ4v) is 3.32. The van der Waals surface area contributed by atoms with Gasteiger partial charge in [0.25, 0.3) is 11.5 Å². The largest absolute Gasteiger partial charge is 0.292 e. The van der Waals surface area contributed by atoms with Crippen molar-refractivity contribution in [2.75, 3.05) is 0 Å². The van der Waals surface area contributed by atoms with Gasteiger partial charge >= 0.3 is 0 Å². The molecular formula is C22H26N4O2. The summed E-state index contributed by atoms with van der Waals surface area (Å²) in [6.07, 6.45) is 3.82. The Hall–Kier alpha value is -3.02. The molecule has 1 aliphatic carbocycles. The summed E-state index contributed by atoms with van der Waals surface area (Å²) in [5, 5.41) is 9.68. The molecule has 1 aromatic carbocycles. The van der Waals surface area contributed by atoms with Crippen LogP contribution in [0.3, 0.4) is 0 Å². The Bertz CT molecular complexity index is 1060. The Labute approximate surface area is 164 Å². The van der Waals surface area contributed by atoms with Crippen LogP contribution in [-0.2, 0) is 0 Å². The highest BCUT2D eigenvalue weighted by atomic mass is 16.2. The van der Waals surface area contributed by atoms with Gasteiger partial charge in [-0.2, -0.15) is 10.2 Å². The minimum Gasteiger partial charge on any atom is -0.267 e. The van der Waals surface area contributed by atoms with Crippen LogP contribution >= 0.6 is 0 Å². The molecule has 6 heteroatoms. The van der Waals surface area contributed by atoms with Crippen LogP contribution < -0.4 is 11.0 Å². The first-order valence-electron chi connectivity index (χ1n) is 9.50. The minimum atomic E-state index is -0.427. The molecule has 1 amide bonds. The van der Waals surface area contributed by atoms with Gasteiger partial charge in [0.15, 0.2) is 5.69 Å². The summed E-state index contributed by atoms with van der Waals surface area (Å²) in [7, 11) is 0. The number of rotatable bonds is 4. The van der Waals surface area contributed by atoms with E-state index in [9.17, 15) is 9.59 Å². The number of aromatic nitrogens is 2. The molecule has 146 valence electrons. The number of nitrogens with one attached hydrogen (secondary N) is 1. The molecule has 0 fully saturated rings. The van der Waals surface area contributed by atoms with Crippen molar-refractivity contribution in [3.63, 3.8) is 0 Å². The van der Waals surface area contributed by atoms with Crippen molar-refractivity contribution in [2.24, 2.45) is 11.0 Å². The van der Waals surface area contributed by atoms with Crippen molar-refractivity contribution in [3.05, 3.63) is 64.1 Å². The summed E-state index contributed by atoms with van der Waals surface area (Å²) in [4.78, 5) is 25.5. The SMILES string of the molecule is C=C(C)[C@@H]1CC=C(C)/C(=N\NC(=O)c2nn(C(C)C)c(=O)c3ccccc23)C1. The average molecular weight is 378 g/mol. The maximum absolute atomic E-state index is 12.9. The third kappa shape index (κ3) is 3.81. The highest BCUT2D eigenvalue weighted by Gasteiger charge is 2.20. The van der Waals surface area contributed by atoms with Gasteiger partial charge < -0.3 is 0 Å². The van der Waals surface area contributed by atoms with Crippen LogP contribution in [0.25, 0.3) is 10.8 Å². The Balaban J connectivity index is 1.97. The molecule has 0 aliphatic heterocycles. The molecule has 3 rings (SSSR count). The minimum absolute atomic E-state index is 0.158. The fourth-order valence-electron chi connectivity index (χ4n) is 3.32. The number of hydrazone groups is 1. The lowest BCUT2D eigenvalue weighted by molar-refractivity contribution is 0.0949. The number of hydrogen-bond acceptors (Lipinski definition) is 4. The molecule has 1 N–H and O–H groups in total. The first kappa shape index (κ1) is 19.7. The van der Waals surface area contributed by atoms with Gasteiger partial charge in [-0.05, 0) is 58.1 Å². The molecule has 0 saturated carbocycles. The molecule has 0 radical (unpaired) electrons. The highest BCUT2D eigenvalue weighted by molar-refractivity contribution is 6.06. The summed E-state index contributed by atoms with van der Waals surface area (Å²) in [5.41, 5.74) is 5.64. The van der Waals surface area contributed by atoms with E-state index in [1.165, 1.54) is 4.68 Å². The highest BCUT2D eigenvalue weighted by Crippen LogP contribution is 2.26. The van der Waals surface area contributed by atoms with Gasteiger partial charge in [0, 0.05) is 5.39 Å². The van der Waals surface area contributed by atoms with E-state index in [0.29, 0.717) is 16.7 Å². The second-order valence-electron chi connectivity index (χ2n) is 7.61. The monoisotopic (exact) mass is 378 g/mol. The van der Waals surface area contributed by atoms with Crippen molar-refractivity contribution < 1.29 is 4.79 Å². The predicted molar refractivity (Wildman–Crippen MR) is 113 cm³/mol. The quantitative estimate of drug-likeness (QED) is 0.645. The zero-order valence-corrected chi connectivity index (χ0v) is 16.8. The van der Waals surface area contributed by atoms with Gasteiger partial charge in [-0.25, -0.2) is 10.1 Å². The van der Waals surface area contributed by atoms with Gasteiger partial charge in [0.05, 0.1) is 17.1 Å². The van der Waals surface area contributed by atoms with E-state index >= 15 is 0 Å². The fraction of sp³-hybridized carbons (Fsp3) is 0.364. The van der Waals surface area contributed by atoms with E-state index < -0.39 is 5.91 Å². The third-order valence-electron chi connectivity index (χ3n) is 5.13. The number of nitrogens with zero attached hydrogens (tertiary/aromatic N) is 3. The molecule has 6 nitrogen and oxygen atoms in total. The number of benzene rings is 1. The van der Waals surface area contributed by atoms with Gasteiger partial charge in [0.1, 0.15) is 0 Å². The van der Waals surface area contributed by atoms with Gasteiger partial charge in [-0.1, -0.05) is 36.4 Å². The standard InChI is InChI=1S/C22H26N4O2/c1-13(2)16-11-10-15(5)19(12-16)23-24-21(27)20-17-8-6-7-9-18(17)22(28)26(25-20)14(3)4/h6-10,14,16H,1,11-12H2,2-5H3,(H,24,27)/b23-19-/t16-/m1/s1.